The van der Waals surface area contributed by atoms with Gasteiger partial charge in [-0.3, -0.25) is 9.82 Å². The summed E-state index contributed by atoms with van der Waals surface area (Å²) in [7, 11) is -3.82. The number of aryl methyl sites for hydroxylation is 2. The maximum atomic E-state index is 13.1. The average molecular weight is 269 g/mol. The zero-order valence-corrected chi connectivity index (χ0v) is 10.7. The smallest absolute Gasteiger partial charge is 0.263 e. The molecule has 0 spiro atoms. The fourth-order valence-corrected chi connectivity index (χ4v) is 2.85. The second kappa shape index (κ2) is 4.41. The van der Waals surface area contributed by atoms with Crippen molar-refractivity contribution in [2.75, 3.05) is 4.72 Å². The van der Waals surface area contributed by atoms with Gasteiger partial charge in [-0.1, -0.05) is 6.07 Å². The van der Waals surface area contributed by atoms with Crippen LogP contribution in [0, 0.1) is 19.7 Å². The molecule has 96 valence electrons. The molecule has 0 radical (unpaired) electrons. The number of nitrogens with zero attached hydrogens (tertiary/aromatic N) is 1. The second-order valence-electron chi connectivity index (χ2n) is 3.94. The summed E-state index contributed by atoms with van der Waals surface area (Å²) in [6.45, 7) is 3.31. The summed E-state index contributed by atoms with van der Waals surface area (Å²) in [5.41, 5.74) is 1.13. The number of aromatic amines is 1. The van der Waals surface area contributed by atoms with Crippen LogP contribution in [0.5, 0.6) is 0 Å². The zero-order chi connectivity index (χ0) is 13.3. The number of rotatable bonds is 3. The molecule has 0 amide bonds. The molecule has 5 nitrogen and oxygen atoms in total. The van der Waals surface area contributed by atoms with E-state index in [0.29, 0.717) is 11.1 Å². The lowest BCUT2D eigenvalue weighted by Crippen LogP contribution is -2.15. The van der Waals surface area contributed by atoms with Gasteiger partial charge in [0.15, 0.2) is 0 Å². The Morgan fingerprint density at radius 3 is 2.61 bits per heavy atom. The number of halogens is 1. The summed E-state index contributed by atoms with van der Waals surface area (Å²) in [4.78, 5) is -0.0866. The first-order valence-corrected chi connectivity index (χ1v) is 6.67. The lowest BCUT2D eigenvalue weighted by Gasteiger charge is -2.09. The first kappa shape index (κ1) is 12.6. The van der Waals surface area contributed by atoms with Crippen LogP contribution in [0.25, 0.3) is 0 Å². The molecule has 7 heteroatoms. The van der Waals surface area contributed by atoms with E-state index in [9.17, 15) is 12.8 Å². The number of aromatic nitrogens is 2. The largest absolute Gasteiger partial charge is 0.264 e. The minimum absolute atomic E-state index is 0.0866. The number of benzene rings is 1. The zero-order valence-electron chi connectivity index (χ0n) is 9.86. The molecule has 0 fully saturated rings. The summed E-state index contributed by atoms with van der Waals surface area (Å²) >= 11 is 0. The van der Waals surface area contributed by atoms with Crippen LogP contribution < -0.4 is 4.72 Å². The molecule has 2 N–H and O–H groups in total. The van der Waals surface area contributed by atoms with Crippen molar-refractivity contribution in [3.05, 3.63) is 41.3 Å². The van der Waals surface area contributed by atoms with Crippen molar-refractivity contribution >= 4 is 15.8 Å². The van der Waals surface area contributed by atoms with E-state index in [0.717, 1.165) is 6.07 Å². The van der Waals surface area contributed by atoms with Crippen molar-refractivity contribution in [1.82, 2.24) is 10.2 Å². The van der Waals surface area contributed by atoms with E-state index in [1.807, 2.05) is 0 Å². The fourth-order valence-electron chi connectivity index (χ4n) is 1.50. The highest BCUT2D eigenvalue weighted by Crippen LogP contribution is 2.20. The van der Waals surface area contributed by atoms with Crippen molar-refractivity contribution in [3.63, 3.8) is 0 Å². The average Bonchev–Trinajstić information content (AvgIpc) is 2.67. The van der Waals surface area contributed by atoms with E-state index in [1.54, 1.807) is 13.8 Å². The first-order valence-electron chi connectivity index (χ1n) is 5.19. The van der Waals surface area contributed by atoms with Crippen molar-refractivity contribution in [1.29, 1.82) is 0 Å². The minimum Gasteiger partial charge on any atom is -0.264 e. The summed E-state index contributed by atoms with van der Waals surface area (Å²) in [5, 5.41) is 6.24. The van der Waals surface area contributed by atoms with Gasteiger partial charge in [0.2, 0.25) is 0 Å². The highest BCUT2D eigenvalue weighted by atomic mass is 32.2. The van der Waals surface area contributed by atoms with Gasteiger partial charge in [-0.25, -0.2) is 12.8 Å². The van der Waals surface area contributed by atoms with E-state index in [-0.39, 0.29) is 10.7 Å². The molecule has 2 aromatic rings. The van der Waals surface area contributed by atoms with Gasteiger partial charge in [-0.05, 0) is 31.5 Å². The monoisotopic (exact) mass is 269 g/mol. The van der Waals surface area contributed by atoms with Crippen molar-refractivity contribution in [2.45, 2.75) is 18.7 Å². The predicted octanol–water partition coefficient (Wildman–Crippen LogP) is 1.97. The van der Waals surface area contributed by atoms with Gasteiger partial charge in [0.1, 0.15) is 11.6 Å². The lowest BCUT2D eigenvalue weighted by atomic mass is 10.2. The molecule has 0 aliphatic carbocycles. The van der Waals surface area contributed by atoms with Gasteiger partial charge in [0.05, 0.1) is 11.1 Å². The number of H-pyrrole nitrogens is 1. The molecule has 1 aromatic carbocycles. The molecule has 0 aliphatic rings. The molecule has 0 aliphatic heterocycles. The van der Waals surface area contributed by atoms with Crippen LogP contribution in [0.2, 0.25) is 0 Å². The van der Waals surface area contributed by atoms with Gasteiger partial charge < -0.3 is 0 Å². The number of hydrogen-bond donors (Lipinski definition) is 2. The fraction of sp³-hybridized carbons (Fsp3) is 0.182. The highest BCUT2D eigenvalue weighted by Gasteiger charge is 2.19. The van der Waals surface area contributed by atoms with E-state index in [4.69, 9.17) is 0 Å². The van der Waals surface area contributed by atoms with E-state index in [2.05, 4.69) is 14.9 Å². The third-order valence-electron chi connectivity index (χ3n) is 2.51. The Bertz CT molecular complexity index is 679. The van der Waals surface area contributed by atoms with Gasteiger partial charge >= 0.3 is 0 Å². The van der Waals surface area contributed by atoms with Gasteiger partial charge in [0.25, 0.3) is 10.0 Å². The Hall–Kier alpha value is -1.89. The normalized spacial score (nSPS) is 11.5. The molecule has 0 atom stereocenters. The Balaban J connectivity index is 2.43. The van der Waals surface area contributed by atoms with Crippen molar-refractivity contribution in [2.24, 2.45) is 0 Å². The van der Waals surface area contributed by atoms with Gasteiger partial charge in [0, 0.05) is 5.56 Å². The van der Waals surface area contributed by atoms with Crippen LogP contribution in [0.15, 0.2) is 29.3 Å². The van der Waals surface area contributed by atoms with Crippen LogP contribution in [0.3, 0.4) is 0 Å². The molecule has 18 heavy (non-hydrogen) atoms. The van der Waals surface area contributed by atoms with E-state index < -0.39 is 15.8 Å². The molecule has 0 saturated carbocycles. The highest BCUT2D eigenvalue weighted by molar-refractivity contribution is 7.92. The molecular weight excluding hydrogens is 257 g/mol. The molecule has 1 heterocycles. The maximum absolute atomic E-state index is 13.1. The predicted molar refractivity (Wildman–Crippen MR) is 65.3 cm³/mol. The maximum Gasteiger partial charge on any atom is 0.263 e. The van der Waals surface area contributed by atoms with Gasteiger partial charge in [-0.15, -0.1) is 0 Å². The summed E-state index contributed by atoms with van der Waals surface area (Å²) in [5.74, 6) is -0.319. The third kappa shape index (κ3) is 2.35. The van der Waals surface area contributed by atoms with Gasteiger partial charge in [-0.2, -0.15) is 5.10 Å². The van der Waals surface area contributed by atoms with Crippen LogP contribution in [-0.4, -0.2) is 18.6 Å². The summed E-state index contributed by atoms with van der Waals surface area (Å²) < 4.78 is 39.7. The lowest BCUT2D eigenvalue weighted by molar-refractivity contribution is 0.594. The molecular formula is C11H12FN3O2S. The second-order valence-corrected chi connectivity index (χ2v) is 5.59. The van der Waals surface area contributed by atoms with Crippen LogP contribution in [0.1, 0.15) is 11.1 Å². The molecule has 0 saturated heterocycles. The molecule has 2 rings (SSSR count). The van der Waals surface area contributed by atoms with Crippen LogP contribution in [0.4, 0.5) is 10.2 Å². The standard InChI is InChI=1S/C11H12FN3O2S/c1-7-3-4-9(12)5-10(7)18(16,17)15-11-8(2)6-13-14-11/h3-6H,1-2H3,(H2,13,14,15). The first-order chi connectivity index (χ1) is 8.40. The number of sulfonamides is 1. The molecule has 0 bridgehead atoms. The Morgan fingerprint density at radius 1 is 1.28 bits per heavy atom. The summed E-state index contributed by atoms with van der Waals surface area (Å²) in [6.07, 6.45) is 1.50. The number of hydrogen-bond acceptors (Lipinski definition) is 3. The van der Waals surface area contributed by atoms with Crippen molar-refractivity contribution in [3.8, 4) is 0 Å². The Kier molecular flexibility index (Phi) is 3.08. The van der Waals surface area contributed by atoms with Crippen LogP contribution >= 0.6 is 0 Å². The molecule has 0 unspecified atom stereocenters. The van der Waals surface area contributed by atoms with E-state index >= 15 is 0 Å². The Labute approximate surface area is 104 Å². The Morgan fingerprint density at radius 2 is 2.00 bits per heavy atom. The van der Waals surface area contributed by atoms with E-state index in [1.165, 1.54) is 18.3 Å². The number of anilines is 1. The third-order valence-corrected chi connectivity index (χ3v) is 4.00. The topological polar surface area (TPSA) is 74.8 Å². The van der Waals surface area contributed by atoms with Crippen molar-refractivity contribution < 1.29 is 12.8 Å². The quantitative estimate of drug-likeness (QED) is 0.894. The summed E-state index contributed by atoms with van der Waals surface area (Å²) in [6, 6.07) is 3.63. The number of nitrogens with one attached hydrogen (secondary N) is 2. The van der Waals surface area contributed by atoms with Crippen LogP contribution in [-0.2, 0) is 10.0 Å². The minimum atomic E-state index is -3.82. The SMILES string of the molecule is Cc1ccc(F)cc1S(=O)(=O)Nc1[nH]ncc1C. The molecule has 1 aromatic heterocycles.